The van der Waals surface area contributed by atoms with E-state index in [0.29, 0.717) is 24.2 Å². The number of rotatable bonds is 4. The fourth-order valence-corrected chi connectivity index (χ4v) is 3.12. The third kappa shape index (κ3) is 3.26. The van der Waals surface area contributed by atoms with E-state index in [0.717, 1.165) is 25.0 Å². The number of halogens is 2. The molecule has 5 nitrogen and oxygen atoms in total. The third-order valence-corrected chi connectivity index (χ3v) is 4.38. The number of ether oxygens (including phenoxy) is 1. The molecule has 1 amide bonds. The number of benzene rings is 1. The lowest BCUT2D eigenvalue weighted by molar-refractivity contribution is -0.126. The van der Waals surface area contributed by atoms with Gasteiger partial charge >= 0.3 is 0 Å². The molecule has 2 aromatic rings. The van der Waals surface area contributed by atoms with Gasteiger partial charge in [-0.3, -0.25) is 4.79 Å². The van der Waals surface area contributed by atoms with Crippen molar-refractivity contribution in [2.24, 2.45) is 5.92 Å². The Hall–Kier alpha value is -2.02. The van der Waals surface area contributed by atoms with E-state index in [-0.39, 0.29) is 17.9 Å². The lowest BCUT2D eigenvalue weighted by Gasteiger charge is -2.28. The van der Waals surface area contributed by atoms with Gasteiger partial charge in [-0.05, 0) is 18.8 Å². The van der Waals surface area contributed by atoms with Crippen LogP contribution in [0.3, 0.4) is 0 Å². The van der Waals surface area contributed by atoms with Crippen molar-refractivity contribution in [3.05, 3.63) is 30.1 Å². The summed E-state index contributed by atoms with van der Waals surface area (Å²) in [6, 6.07) is 1.68. The average molecular weight is 337 g/mol. The molecule has 1 N–H and O–H groups in total. The number of aromatic nitrogens is 2. The average Bonchev–Trinajstić information content (AvgIpc) is 2.91. The molecule has 1 aromatic heterocycles. The quantitative estimate of drug-likeness (QED) is 0.933. The van der Waals surface area contributed by atoms with Crippen LogP contribution in [-0.2, 0) is 9.53 Å². The molecular weight excluding hydrogens is 316 g/mol. The highest BCUT2D eigenvalue weighted by molar-refractivity contribution is 5.84. The van der Waals surface area contributed by atoms with Gasteiger partial charge in [0.1, 0.15) is 6.04 Å². The van der Waals surface area contributed by atoms with E-state index < -0.39 is 17.7 Å². The van der Waals surface area contributed by atoms with Gasteiger partial charge in [-0.1, -0.05) is 13.8 Å². The number of hydrogen-bond acceptors (Lipinski definition) is 3. The van der Waals surface area contributed by atoms with Crippen LogP contribution >= 0.6 is 0 Å². The van der Waals surface area contributed by atoms with Gasteiger partial charge in [0, 0.05) is 31.4 Å². The first-order valence-electron chi connectivity index (χ1n) is 8.17. The fraction of sp³-hybridized carbons (Fsp3) is 0.529. The Labute approximate surface area is 139 Å². The minimum atomic E-state index is -0.948. The molecule has 0 aliphatic carbocycles. The lowest BCUT2D eigenvalue weighted by atomic mass is 10.0. The SMILES string of the molecule is CC(C)[C@@H](C(=O)NC1CCOCC1)n1cnc2cc(F)c(F)cc21. The molecule has 0 unspecified atom stereocenters. The lowest BCUT2D eigenvalue weighted by Crippen LogP contribution is -2.43. The molecule has 1 aliphatic heterocycles. The van der Waals surface area contributed by atoms with Crippen molar-refractivity contribution in [1.82, 2.24) is 14.9 Å². The molecule has 1 fully saturated rings. The zero-order chi connectivity index (χ0) is 17.3. The smallest absolute Gasteiger partial charge is 0.243 e. The standard InChI is InChI=1S/C17H21F2N3O2/c1-10(2)16(17(23)21-11-3-5-24-6-4-11)22-9-20-14-7-12(18)13(19)8-15(14)22/h7-11,16H,3-6H2,1-2H3,(H,21,23)/t16-/m0/s1. The number of amides is 1. The van der Waals surface area contributed by atoms with Crippen molar-refractivity contribution in [3.63, 3.8) is 0 Å². The van der Waals surface area contributed by atoms with Crippen molar-refractivity contribution < 1.29 is 18.3 Å². The highest BCUT2D eigenvalue weighted by Gasteiger charge is 2.28. The van der Waals surface area contributed by atoms with Crippen molar-refractivity contribution in [1.29, 1.82) is 0 Å². The van der Waals surface area contributed by atoms with Crippen LogP contribution in [0, 0.1) is 17.6 Å². The van der Waals surface area contributed by atoms with Crippen LogP contribution in [0.25, 0.3) is 11.0 Å². The van der Waals surface area contributed by atoms with Crippen molar-refractivity contribution in [2.45, 2.75) is 38.8 Å². The molecule has 0 bridgehead atoms. The summed E-state index contributed by atoms with van der Waals surface area (Å²) in [5.41, 5.74) is 0.744. The second kappa shape index (κ2) is 6.84. The summed E-state index contributed by atoms with van der Waals surface area (Å²) in [5, 5.41) is 3.04. The Morgan fingerprint density at radius 3 is 2.62 bits per heavy atom. The van der Waals surface area contributed by atoms with Crippen LogP contribution in [0.5, 0.6) is 0 Å². The summed E-state index contributed by atoms with van der Waals surface area (Å²) in [6.07, 6.45) is 3.03. The first kappa shape index (κ1) is 16.8. The van der Waals surface area contributed by atoms with Gasteiger partial charge in [-0.25, -0.2) is 13.8 Å². The predicted molar refractivity (Wildman–Crippen MR) is 85.5 cm³/mol. The molecule has 3 rings (SSSR count). The summed E-state index contributed by atoms with van der Waals surface area (Å²) < 4.78 is 33.9. The van der Waals surface area contributed by atoms with Gasteiger partial charge in [0.05, 0.1) is 17.4 Å². The van der Waals surface area contributed by atoms with Crippen LogP contribution in [0.2, 0.25) is 0 Å². The molecule has 130 valence electrons. The van der Waals surface area contributed by atoms with E-state index in [4.69, 9.17) is 4.74 Å². The number of nitrogens with zero attached hydrogens (tertiary/aromatic N) is 2. The number of hydrogen-bond donors (Lipinski definition) is 1. The number of nitrogens with one attached hydrogen (secondary N) is 1. The zero-order valence-electron chi connectivity index (χ0n) is 13.8. The Morgan fingerprint density at radius 2 is 1.96 bits per heavy atom. The van der Waals surface area contributed by atoms with Crippen LogP contribution in [0.1, 0.15) is 32.7 Å². The Balaban J connectivity index is 1.90. The molecule has 1 atom stereocenters. The van der Waals surface area contributed by atoms with Gasteiger partial charge in [-0.2, -0.15) is 0 Å². The highest BCUT2D eigenvalue weighted by atomic mass is 19.2. The topological polar surface area (TPSA) is 56.1 Å². The molecule has 2 heterocycles. The fourth-order valence-electron chi connectivity index (χ4n) is 3.12. The molecule has 1 aromatic carbocycles. The normalized spacial score (nSPS) is 17.4. The highest BCUT2D eigenvalue weighted by Crippen LogP contribution is 2.26. The van der Waals surface area contributed by atoms with Crippen molar-refractivity contribution in [2.75, 3.05) is 13.2 Å². The molecule has 1 saturated heterocycles. The van der Waals surface area contributed by atoms with Crippen LogP contribution < -0.4 is 5.32 Å². The van der Waals surface area contributed by atoms with E-state index in [2.05, 4.69) is 10.3 Å². The van der Waals surface area contributed by atoms with E-state index >= 15 is 0 Å². The van der Waals surface area contributed by atoms with E-state index in [9.17, 15) is 13.6 Å². The summed E-state index contributed by atoms with van der Waals surface area (Å²) in [4.78, 5) is 16.9. The molecule has 0 radical (unpaired) electrons. The number of carbonyl (C=O) groups excluding carboxylic acids is 1. The number of imidazole rings is 1. The maximum absolute atomic E-state index is 13.6. The summed E-state index contributed by atoms with van der Waals surface area (Å²) in [6.45, 7) is 5.10. The van der Waals surface area contributed by atoms with Crippen LogP contribution in [-0.4, -0.2) is 34.7 Å². The maximum Gasteiger partial charge on any atom is 0.243 e. The molecule has 0 saturated carbocycles. The Kier molecular flexibility index (Phi) is 4.80. The molecule has 24 heavy (non-hydrogen) atoms. The number of fused-ring (bicyclic) bond motifs is 1. The van der Waals surface area contributed by atoms with Crippen molar-refractivity contribution in [3.8, 4) is 0 Å². The Morgan fingerprint density at radius 1 is 1.29 bits per heavy atom. The van der Waals surface area contributed by atoms with E-state index in [1.54, 1.807) is 4.57 Å². The van der Waals surface area contributed by atoms with Gasteiger partial charge in [0.2, 0.25) is 5.91 Å². The number of carbonyl (C=O) groups is 1. The molecule has 1 aliphatic rings. The zero-order valence-corrected chi connectivity index (χ0v) is 13.8. The largest absolute Gasteiger partial charge is 0.381 e. The van der Waals surface area contributed by atoms with Gasteiger partial charge in [0.15, 0.2) is 11.6 Å². The maximum atomic E-state index is 13.6. The van der Waals surface area contributed by atoms with Crippen LogP contribution in [0.4, 0.5) is 8.78 Å². The van der Waals surface area contributed by atoms with E-state index in [1.807, 2.05) is 13.8 Å². The first-order valence-corrected chi connectivity index (χ1v) is 8.17. The second-order valence-electron chi connectivity index (χ2n) is 6.49. The monoisotopic (exact) mass is 337 g/mol. The summed E-state index contributed by atoms with van der Waals surface area (Å²) in [7, 11) is 0. The molecule has 7 heteroatoms. The second-order valence-corrected chi connectivity index (χ2v) is 6.49. The minimum Gasteiger partial charge on any atom is -0.381 e. The molecule has 0 spiro atoms. The Bertz CT molecular complexity index is 739. The minimum absolute atomic E-state index is 0.0321. The van der Waals surface area contributed by atoms with E-state index in [1.165, 1.54) is 6.33 Å². The predicted octanol–water partition coefficient (Wildman–Crippen LogP) is 2.81. The van der Waals surface area contributed by atoms with Gasteiger partial charge in [-0.15, -0.1) is 0 Å². The van der Waals surface area contributed by atoms with Gasteiger partial charge < -0.3 is 14.6 Å². The summed E-state index contributed by atoms with van der Waals surface area (Å²) in [5.74, 6) is -2.06. The molecular formula is C17H21F2N3O2. The van der Waals surface area contributed by atoms with Crippen LogP contribution in [0.15, 0.2) is 18.5 Å². The van der Waals surface area contributed by atoms with Gasteiger partial charge in [0.25, 0.3) is 0 Å². The third-order valence-electron chi connectivity index (χ3n) is 4.38. The summed E-state index contributed by atoms with van der Waals surface area (Å²) >= 11 is 0. The first-order chi connectivity index (χ1) is 11.5. The van der Waals surface area contributed by atoms with Crippen molar-refractivity contribution >= 4 is 16.9 Å².